The van der Waals surface area contributed by atoms with Gasteiger partial charge in [-0.05, 0) is 51.4 Å². The van der Waals surface area contributed by atoms with Gasteiger partial charge in [-0.2, -0.15) is 0 Å². The highest BCUT2D eigenvalue weighted by molar-refractivity contribution is 5.99. The summed E-state index contributed by atoms with van der Waals surface area (Å²) in [5.41, 5.74) is 38.6. The molecule has 562 valence electrons. The lowest BCUT2D eigenvalue weighted by atomic mass is 10.0. The maximum Gasteiger partial charge on any atom is 0.246 e. The van der Waals surface area contributed by atoms with E-state index in [0.717, 1.165) is 50.7 Å². The number of hydrogen-bond donors (Lipinski definition) is 12. The van der Waals surface area contributed by atoms with Crippen LogP contribution >= 0.6 is 0 Å². The van der Waals surface area contributed by atoms with Gasteiger partial charge in [-0.15, -0.1) is 0 Å². The van der Waals surface area contributed by atoms with Crippen molar-refractivity contribution in [1.82, 2.24) is 31.5 Å². The third-order valence-corrected chi connectivity index (χ3v) is 17.9. The van der Waals surface area contributed by atoms with E-state index in [0.29, 0.717) is 19.3 Å². The molecule has 0 spiro atoms. The molecule has 0 aliphatic carbocycles. The highest BCUT2D eigenvalue weighted by Crippen LogP contribution is 2.18. The molecule has 0 heterocycles. The number of nitrogens with one attached hydrogen (secondary N) is 5. The highest BCUT2D eigenvalue weighted by Gasteiger charge is 2.29. The summed E-state index contributed by atoms with van der Waals surface area (Å²) in [5.74, 6) is -4.35. The van der Waals surface area contributed by atoms with Crippen LogP contribution in [0.15, 0.2) is 27.1 Å². The van der Waals surface area contributed by atoms with Crippen molar-refractivity contribution in [3.63, 3.8) is 0 Å². The summed E-state index contributed by atoms with van der Waals surface area (Å²) in [6.07, 6.45) is 57.8. The van der Waals surface area contributed by atoms with E-state index in [9.17, 15) is 33.6 Å². The summed E-state index contributed by atoms with van der Waals surface area (Å²) in [5, 5.41) is 13.8. The largest absolute Gasteiger partial charge is 0.370 e. The van der Waals surface area contributed by atoms with Crippen LogP contribution in [0.25, 0.3) is 0 Å². The van der Waals surface area contributed by atoms with Gasteiger partial charge < -0.3 is 71.6 Å². The monoisotopic (exact) mass is 1370 g/mol. The van der Waals surface area contributed by atoms with E-state index >= 15 is 0 Å². The quantitative estimate of drug-likeness (QED) is 0.0117. The predicted molar refractivity (Wildman–Crippen MR) is 401 cm³/mol. The first-order valence-electron chi connectivity index (χ1n) is 38.9. The molecule has 0 radical (unpaired) electrons. The number of guanidine groups is 3. The molecular formula is C74H144N16O7. The van der Waals surface area contributed by atoms with Gasteiger partial charge >= 0.3 is 0 Å². The third kappa shape index (κ3) is 61.9. The van der Waals surface area contributed by atoms with Crippen LogP contribution in [0.2, 0.25) is 0 Å². The molecule has 19 N–H and O–H groups in total. The Morgan fingerprint density at radius 2 is 0.588 bits per heavy atom. The van der Waals surface area contributed by atoms with Crippen molar-refractivity contribution < 1.29 is 33.6 Å². The Hall–Kier alpha value is -6.16. The van der Waals surface area contributed by atoms with Gasteiger partial charge in [-0.3, -0.25) is 48.5 Å². The first-order chi connectivity index (χ1) is 47.0. The minimum Gasteiger partial charge on any atom is -0.370 e. The first kappa shape index (κ1) is 90.8. The lowest BCUT2D eigenvalue weighted by molar-refractivity contribution is -0.133. The second-order valence-corrected chi connectivity index (χ2v) is 26.9. The minimum absolute atomic E-state index is 0.0118. The second kappa shape index (κ2) is 67.0. The molecule has 23 heteroatoms. The summed E-state index contributed by atoms with van der Waals surface area (Å²) >= 11 is 0. The predicted octanol–water partition coefficient (Wildman–Crippen LogP) is 10.9. The number of unbranched alkanes of at least 4 members (excludes halogenated alkanes) is 40. The van der Waals surface area contributed by atoms with Gasteiger partial charge in [0.15, 0.2) is 17.9 Å². The topological polar surface area (TPSA) is 402 Å². The molecule has 0 bridgehead atoms. The van der Waals surface area contributed by atoms with Crippen LogP contribution < -0.4 is 66.7 Å². The molecule has 7 amide bonds. The molecule has 0 aromatic rings. The Balaban J connectivity index is 5.51. The van der Waals surface area contributed by atoms with Crippen LogP contribution in [-0.4, -0.2) is 128 Å². The van der Waals surface area contributed by atoms with Crippen molar-refractivity contribution in [2.24, 2.45) is 55.1 Å². The van der Waals surface area contributed by atoms with Crippen LogP contribution in [0, 0.1) is 0 Å². The zero-order valence-corrected chi connectivity index (χ0v) is 61.4. The van der Waals surface area contributed by atoms with Gasteiger partial charge in [0.1, 0.15) is 18.1 Å². The zero-order chi connectivity index (χ0) is 71.5. The van der Waals surface area contributed by atoms with Crippen LogP contribution in [0.1, 0.15) is 335 Å². The van der Waals surface area contributed by atoms with E-state index in [-0.39, 0.29) is 108 Å². The Morgan fingerprint density at radius 3 is 0.866 bits per heavy atom. The molecule has 0 aromatic carbocycles. The lowest BCUT2D eigenvalue weighted by Crippen LogP contribution is -2.56. The molecular weight excluding hydrogens is 1220 g/mol. The Morgan fingerprint density at radius 1 is 0.330 bits per heavy atom. The lowest BCUT2D eigenvalue weighted by Gasteiger charge is -2.24. The van der Waals surface area contributed by atoms with E-state index in [1.807, 2.05) is 0 Å². The van der Waals surface area contributed by atoms with Gasteiger partial charge in [0.25, 0.3) is 0 Å². The van der Waals surface area contributed by atoms with Gasteiger partial charge in [0, 0.05) is 70.8 Å². The van der Waals surface area contributed by atoms with Crippen molar-refractivity contribution in [3.8, 4) is 0 Å². The summed E-state index contributed by atoms with van der Waals surface area (Å²) in [4.78, 5) is 107. The van der Waals surface area contributed by atoms with Gasteiger partial charge in [-0.25, -0.2) is 0 Å². The molecule has 23 nitrogen and oxygen atoms in total. The first-order valence-corrected chi connectivity index (χ1v) is 38.9. The Labute approximate surface area is 587 Å². The van der Waals surface area contributed by atoms with Crippen LogP contribution in [0.5, 0.6) is 0 Å². The second-order valence-electron chi connectivity index (χ2n) is 26.9. The van der Waals surface area contributed by atoms with Crippen LogP contribution in [0.3, 0.4) is 0 Å². The maximum atomic E-state index is 14.1. The summed E-state index contributed by atoms with van der Waals surface area (Å²) in [7, 11) is 0. The molecule has 97 heavy (non-hydrogen) atoms. The number of nitrogens with two attached hydrogens (primary N) is 7. The molecule has 0 rings (SSSR count). The fraction of sp³-hybridized carbons (Fsp3) is 0.838. The van der Waals surface area contributed by atoms with E-state index in [2.05, 4.69) is 55.4 Å². The Bertz CT molecular complexity index is 2050. The van der Waals surface area contributed by atoms with E-state index in [4.69, 9.17) is 40.1 Å². The summed E-state index contributed by atoms with van der Waals surface area (Å²) in [6.45, 7) is 5.50. The van der Waals surface area contributed by atoms with E-state index in [1.54, 1.807) is 0 Å². The molecule has 0 aromatic heterocycles. The number of rotatable bonds is 70. The van der Waals surface area contributed by atoms with Crippen LogP contribution in [0.4, 0.5) is 0 Å². The highest BCUT2D eigenvalue weighted by atomic mass is 16.2. The van der Waals surface area contributed by atoms with Gasteiger partial charge in [0.05, 0.1) is 0 Å². The normalized spacial score (nSPS) is 12.1. The van der Waals surface area contributed by atoms with Crippen molar-refractivity contribution in [2.75, 3.05) is 45.8 Å². The number of primary amides is 1. The minimum atomic E-state index is -1.25. The van der Waals surface area contributed by atoms with E-state index < -0.39 is 47.7 Å². The molecule has 0 fully saturated rings. The number of carbonyl (C=O) groups is 7. The average molecular weight is 1370 g/mol. The molecule has 0 unspecified atom stereocenters. The number of hydrogen-bond acceptors (Lipinski definition) is 10. The third-order valence-electron chi connectivity index (χ3n) is 17.9. The maximum absolute atomic E-state index is 14.1. The SMILES string of the molecule is CCCCCCCCCCCCCCCCCCCCCCCC(=O)NCCN(CCNC(=O)CCCCCCCCCCCCCCCCCCCCCCC)C(=O)/C=C\C(=O)N[C@@H](CCCN=C(N)N)C(=O)N[C@@H](CCCN=C(N)N)C(=O)N[C@@H](CCCN=C(N)N)C(N)=O. The van der Waals surface area contributed by atoms with Crippen molar-refractivity contribution >= 4 is 59.2 Å². The number of nitrogens with zero attached hydrogens (tertiary/aromatic N) is 4. The Kier molecular flexibility index (Phi) is 62.8. The molecule has 0 aliphatic rings. The van der Waals surface area contributed by atoms with Gasteiger partial charge in [-0.1, -0.05) is 271 Å². The average Bonchev–Trinajstić information content (AvgIpc) is 0.972. The smallest absolute Gasteiger partial charge is 0.246 e. The number of carbonyl (C=O) groups excluding carboxylic acids is 7. The number of aliphatic imine (C=N–C) groups is 3. The van der Waals surface area contributed by atoms with Crippen LogP contribution in [-0.2, 0) is 33.6 Å². The van der Waals surface area contributed by atoms with Crippen molar-refractivity contribution in [2.45, 2.75) is 353 Å². The van der Waals surface area contributed by atoms with Gasteiger partial charge in [0.2, 0.25) is 41.4 Å². The standard InChI is InChI=1S/C74H144N16O7/c1-3-5-7-9-11-13-15-17-19-21-23-25-27-29-31-33-35-37-39-41-43-51-65(91)82-58-60-90(61-59-83-66(92)52-44-42-40-38-36-34-32-30-28-26-24-22-20-18-16-14-12-10-8-6-4-2)68(94)54-53-67(93)87-63(49-46-56-85-73(78)79)70(96)89-64(50-47-57-86-74(80)81)71(97)88-62(69(75)95)48-45-55-84-72(76)77/h53-54,62-64H,3-52,55-61H2,1-2H3,(H2,75,95)(H,82,91)(H,83,92)(H,87,93)(H,88,97)(H,89,96)(H4,76,77,84)(H4,78,79,85)(H4,80,81,86)/b54-53-/t62-,63-,64-/m0/s1. The molecule has 0 saturated carbocycles. The zero-order valence-electron chi connectivity index (χ0n) is 61.4. The molecule has 3 atom stereocenters. The summed E-state index contributed by atoms with van der Waals surface area (Å²) < 4.78 is 0. The molecule has 0 saturated heterocycles. The van der Waals surface area contributed by atoms with E-state index in [1.165, 1.54) is 236 Å². The van der Waals surface area contributed by atoms with Crippen molar-refractivity contribution in [1.29, 1.82) is 0 Å². The number of amides is 7. The summed E-state index contributed by atoms with van der Waals surface area (Å²) in [6, 6.07) is -3.62. The molecule has 0 aliphatic heterocycles. The fourth-order valence-electron chi connectivity index (χ4n) is 12.0. The fourth-order valence-corrected chi connectivity index (χ4v) is 12.0. The van der Waals surface area contributed by atoms with Crippen molar-refractivity contribution in [3.05, 3.63) is 12.2 Å².